The summed E-state index contributed by atoms with van der Waals surface area (Å²) in [6.07, 6.45) is 0. The Morgan fingerprint density at radius 1 is 1.22 bits per heavy atom. The van der Waals surface area contributed by atoms with Crippen LogP contribution in [0.2, 0.25) is 0 Å². The third-order valence-electron chi connectivity index (χ3n) is 0.111. The van der Waals surface area contributed by atoms with Crippen molar-refractivity contribution >= 4 is 10.4 Å². The van der Waals surface area contributed by atoms with Crippen molar-refractivity contribution < 1.29 is 86.7 Å². The van der Waals surface area contributed by atoms with Crippen LogP contribution in [0.5, 0.6) is 0 Å². The summed E-state index contributed by atoms with van der Waals surface area (Å²) in [5.41, 5.74) is 0. The minimum atomic E-state index is -4.96. The van der Waals surface area contributed by atoms with E-state index in [9.17, 15) is 0 Å². The number of hydrogen-bond acceptors (Lipinski definition) is 6. The van der Waals surface area contributed by atoms with Crippen LogP contribution in [0.3, 0.4) is 0 Å². The van der Waals surface area contributed by atoms with Gasteiger partial charge < -0.3 is 9.81 Å². The maximum absolute atomic E-state index is 9.13. The second-order valence-electron chi connectivity index (χ2n) is 0.544. The minimum Gasteiger partial charge on any atom is -0.724 e. The molecule has 0 aromatic heterocycles. The molecule has 0 rings (SSSR count). The Labute approximate surface area is 95.9 Å². The van der Waals surface area contributed by atoms with Crippen LogP contribution in [0.1, 0.15) is 0 Å². The molecule has 0 aromatic carbocycles. The average molecular weight is 174 g/mol. The van der Waals surface area contributed by atoms with Crippen molar-refractivity contribution in [2.75, 3.05) is 0 Å². The standard InChI is InChI=1S/2Na.H2O6S/c;;1-5-6-7(2,3)4/h;;1H,(H,2,3,4)/q2*+1;/p-2. The van der Waals surface area contributed by atoms with E-state index in [2.05, 4.69) is 9.37 Å². The summed E-state index contributed by atoms with van der Waals surface area (Å²) in [5.74, 6) is 0. The monoisotopic (exact) mass is 174 g/mol. The van der Waals surface area contributed by atoms with Gasteiger partial charge in [0.15, 0.2) is 0 Å². The fourth-order valence-electron chi connectivity index (χ4n) is 0.0340. The van der Waals surface area contributed by atoms with Crippen LogP contribution in [0, 0.1) is 0 Å². The molecule has 0 aliphatic heterocycles. The van der Waals surface area contributed by atoms with Gasteiger partial charge in [0.1, 0.15) is 0 Å². The van der Waals surface area contributed by atoms with Gasteiger partial charge in [0.05, 0.1) is 0 Å². The molecule has 9 heavy (non-hydrogen) atoms. The Kier molecular flexibility index (Phi) is 14.9. The minimum absolute atomic E-state index is 0. The maximum Gasteiger partial charge on any atom is 1.00 e. The largest absolute Gasteiger partial charge is 1.00 e. The van der Waals surface area contributed by atoms with Crippen LogP contribution >= 0.6 is 0 Å². The first-order chi connectivity index (χ1) is 3.06. The Morgan fingerprint density at radius 3 is 1.56 bits per heavy atom. The molecule has 0 aliphatic rings. The van der Waals surface area contributed by atoms with Gasteiger partial charge in [0.25, 0.3) is 0 Å². The van der Waals surface area contributed by atoms with Crippen molar-refractivity contribution in [3.63, 3.8) is 0 Å². The second kappa shape index (κ2) is 7.89. The van der Waals surface area contributed by atoms with Crippen LogP contribution < -0.4 is 64.4 Å². The van der Waals surface area contributed by atoms with Gasteiger partial charge >= 0.3 is 59.1 Å². The van der Waals surface area contributed by atoms with E-state index in [-0.39, 0.29) is 59.1 Å². The van der Waals surface area contributed by atoms with Gasteiger partial charge in [-0.2, -0.15) is 0 Å². The van der Waals surface area contributed by atoms with E-state index in [0.717, 1.165) is 0 Å². The van der Waals surface area contributed by atoms with Gasteiger partial charge in [0.2, 0.25) is 10.4 Å². The van der Waals surface area contributed by atoms with E-state index in [1.54, 1.807) is 0 Å². The zero-order valence-corrected chi connectivity index (χ0v) is 9.67. The summed E-state index contributed by atoms with van der Waals surface area (Å²) < 4.78 is 30.0. The predicted molar refractivity (Wildman–Crippen MR) is 11.9 cm³/mol. The van der Waals surface area contributed by atoms with Crippen LogP contribution in [-0.4, -0.2) is 13.0 Å². The molecule has 0 aromatic rings. The number of hydrogen-bond donors (Lipinski definition) is 0. The van der Waals surface area contributed by atoms with Gasteiger partial charge in [-0.15, -0.1) is 4.33 Å². The maximum atomic E-state index is 9.13. The Morgan fingerprint density at radius 2 is 1.56 bits per heavy atom. The van der Waals surface area contributed by atoms with Crippen LogP contribution in [0.4, 0.5) is 0 Å². The van der Waals surface area contributed by atoms with Gasteiger partial charge in [-0.25, -0.2) is 8.42 Å². The average Bonchev–Trinajstić information content (AvgIpc) is 1.30. The van der Waals surface area contributed by atoms with E-state index in [0.29, 0.717) is 0 Å². The van der Waals surface area contributed by atoms with Gasteiger partial charge in [-0.05, 0) is 0 Å². The molecule has 0 heterocycles. The third kappa shape index (κ3) is 17.7. The topological polar surface area (TPSA) is 98.7 Å². The molecule has 44 valence electrons. The molecule has 0 unspecified atom stereocenters. The van der Waals surface area contributed by atoms with Crippen molar-refractivity contribution in [1.82, 2.24) is 0 Å². The van der Waals surface area contributed by atoms with Crippen molar-refractivity contribution in [3.05, 3.63) is 0 Å². The molecule has 0 atom stereocenters. The quantitative estimate of drug-likeness (QED) is 0.135. The Balaban J connectivity index is -0.000000180. The normalized spacial score (nSPS) is 9.11. The van der Waals surface area contributed by atoms with Crippen molar-refractivity contribution in [1.29, 1.82) is 0 Å². The van der Waals surface area contributed by atoms with E-state index in [4.69, 9.17) is 18.2 Å². The molecule has 0 spiro atoms. The smallest absolute Gasteiger partial charge is 0.724 e. The zero-order chi connectivity index (χ0) is 5.91. The van der Waals surface area contributed by atoms with E-state index in [1.807, 2.05) is 0 Å². The Bertz CT molecular complexity index is 124. The summed E-state index contributed by atoms with van der Waals surface area (Å²) in [4.78, 5) is 0. The molecule has 0 aliphatic carbocycles. The molecule has 0 radical (unpaired) electrons. The molecular formula is Na2O6S. The number of rotatable bonds is 2. The summed E-state index contributed by atoms with van der Waals surface area (Å²) >= 11 is 0. The third-order valence-corrected chi connectivity index (χ3v) is 0.333. The fraction of sp³-hybridized carbons (Fsp3) is 0. The van der Waals surface area contributed by atoms with E-state index in [1.165, 1.54) is 0 Å². The van der Waals surface area contributed by atoms with Gasteiger partial charge in [-0.1, -0.05) is 0 Å². The fourth-order valence-corrected chi connectivity index (χ4v) is 0.102. The van der Waals surface area contributed by atoms with Crippen LogP contribution in [0.25, 0.3) is 0 Å². The van der Waals surface area contributed by atoms with Crippen molar-refractivity contribution in [2.45, 2.75) is 0 Å². The van der Waals surface area contributed by atoms with Gasteiger partial charge in [0, 0.05) is 0 Å². The SMILES string of the molecule is O=S(=O)([O-])OO[O-].[Na+].[Na+]. The van der Waals surface area contributed by atoms with E-state index < -0.39 is 10.4 Å². The Hall–Kier alpha value is 1.79. The molecule has 6 nitrogen and oxygen atoms in total. The van der Waals surface area contributed by atoms with Crippen molar-refractivity contribution in [3.8, 4) is 0 Å². The molecular weight excluding hydrogens is 174 g/mol. The molecule has 0 saturated carbocycles. The first-order valence-corrected chi connectivity index (χ1v) is 2.33. The predicted octanol–water partition coefficient (Wildman–Crippen LogP) is -8.32. The second-order valence-corrected chi connectivity index (χ2v) is 1.50. The molecule has 0 fully saturated rings. The van der Waals surface area contributed by atoms with E-state index >= 15 is 0 Å². The summed E-state index contributed by atoms with van der Waals surface area (Å²) in [6.45, 7) is 0. The summed E-state index contributed by atoms with van der Waals surface area (Å²) in [6, 6.07) is 0. The van der Waals surface area contributed by atoms with Crippen LogP contribution in [0.15, 0.2) is 0 Å². The molecule has 0 saturated heterocycles. The molecule has 0 bridgehead atoms. The van der Waals surface area contributed by atoms with Crippen LogP contribution in [-0.2, 0) is 19.8 Å². The zero-order valence-electron chi connectivity index (χ0n) is 4.86. The molecule has 0 N–H and O–H groups in total. The van der Waals surface area contributed by atoms with Gasteiger partial charge in [-0.3, -0.25) is 5.04 Å². The first kappa shape index (κ1) is 17.0. The summed E-state index contributed by atoms with van der Waals surface area (Å²) in [7, 11) is -4.96. The molecule has 9 heteroatoms. The first-order valence-electron chi connectivity index (χ1n) is 1.00. The van der Waals surface area contributed by atoms with Crippen molar-refractivity contribution in [2.24, 2.45) is 0 Å². The summed E-state index contributed by atoms with van der Waals surface area (Å²) in [5, 5.41) is 10.9. The molecule has 0 amide bonds.